The highest BCUT2D eigenvalue weighted by Crippen LogP contribution is 2.39. The van der Waals surface area contributed by atoms with Gasteiger partial charge in [0.1, 0.15) is 0 Å². The van der Waals surface area contributed by atoms with E-state index in [1.165, 1.54) is 17.2 Å². The molecule has 0 aliphatic carbocycles. The van der Waals surface area contributed by atoms with Gasteiger partial charge in [0.25, 0.3) is 0 Å². The lowest BCUT2D eigenvalue weighted by atomic mass is 9.90. The van der Waals surface area contributed by atoms with Crippen LogP contribution in [0.25, 0.3) is 0 Å². The van der Waals surface area contributed by atoms with Gasteiger partial charge >= 0.3 is 0 Å². The van der Waals surface area contributed by atoms with E-state index in [1.54, 1.807) is 6.07 Å². The van der Waals surface area contributed by atoms with E-state index in [-0.39, 0.29) is 24.3 Å². The van der Waals surface area contributed by atoms with E-state index in [1.807, 2.05) is 6.07 Å². The average molecular weight is 299 g/mol. The van der Waals surface area contributed by atoms with Crippen molar-refractivity contribution in [3.05, 3.63) is 47.0 Å². The maximum atomic E-state index is 9.64. The fourth-order valence-electron chi connectivity index (χ4n) is 3.15. The Bertz CT molecular complexity index is 729. The van der Waals surface area contributed by atoms with E-state index < -0.39 is 0 Å². The zero-order chi connectivity index (χ0) is 15.1. The largest absolute Gasteiger partial charge is 0.504 e. The van der Waals surface area contributed by atoms with Crippen molar-refractivity contribution in [2.45, 2.75) is 18.9 Å². The SMILES string of the molecule is Oc1ccc(CC2NCCc3cc4c(cc32)OCO4)cc1O. The van der Waals surface area contributed by atoms with Crippen molar-refractivity contribution in [1.29, 1.82) is 0 Å². The summed E-state index contributed by atoms with van der Waals surface area (Å²) in [5.41, 5.74) is 3.46. The summed E-state index contributed by atoms with van der Waals surface area (Å²) in [6, 6.07) is 9.24. The molecule has 3 N–H and O–H groups in total. The quantitative estimate of drug-likeness (QED) is 0.742. The van der Waals surface area contributed by atoms with Gasteiger partial charge in [0, 0.05) is 6.04 Å². The van der Waals surface area contributed by atoms with Crippen molar-refractivity contribution in [1.82, 2.24) is 5.32 Å². The van der Waals surface area contributed by atoms with Crippen molar-refractivity contribution in [3.63, 3.8) is 0 Å². The first-order valence-corrected chi connectivity index (χ1v) is 7.37. The van der Waals surface area contributed by atoms with E-state index in [9.17, 15) is 10.2 Å². The number of phenolic OH excluding ortho intramolecular Hbond substituents is 2. The highest BCUT2D eigenvalue weighted by Gasteiger charge is 2.25. The minimum absolute atomic E-state index is 0.0841. The Balaban J connectivity index is 1.65. The second kappa shape index (κ2) is 5.10. The molecule has 1 unspecified atom stereocenters. The van der Waals surface area contributed by atoms with Crippen LogP contribution in [0.15, 0.2) is 30.3 Å². The van der Waals surface area contributed by atoms with Gasteiger partial charge in [-0.25, -0.2) is 0 Å². The van der Waals surface area contributed by atoms with Crippen molar-refractivity contribution in [2.75, 3.05) is 13.3 Å². The molecule has 1 atom stereocenters. The number of aromatic hydroxyl groups is 2. The van der Waals surface area contributed by atoms with Crippen LogP contribution >= 0.6 is 0 Å². The number of ether oxygens (including phenoxy) is 2. The van der Waals surface area contributed by atoms with Gasteiger partial charge in [-0.2, -0.15) is 0 Å². The Morgan fingerprint density at radius 1 is 1.05 bits per heavy atom. The molecular weight excluding hydrogens is 282 g/mol. The molecule has 5 heteroatoms. The molecule has 4 rings (SSSR count). The molecule has 2 aliphatic heterocycles. The second-order valence-corrected chi connectivity index (χ2v) is 5.69. The third-order valence-electron chi connectivity index (χ3n) is 4.27. The van der Waals surface area contributed by atoms with Gasteiger partial charge in [-0.15, -0.1) is 0 Å². The summed E-state index contributed by atoms with van der Waals surface area (Å²) in [5.74, 6) is 1.44. The fraction of sp³-hybridized carbons (Fsp3) is 0.294. The summed E-state index contributed by atoms with van der Waals surface area (Å²) in [7, 11) is 0. The molecule has 2 aromatic rings. The Kier molecular flexibility index (Phi) is 3.08. The van der Waals surface area contributed by atoms with Gasteiger partial charge < -0.3 is 25.0 Å². The maximum Gasteiger partial charge on any atom is 0.231 e. The van der Waals surface area contributed by atoms with Crippen molar-refractivity contribution >= 4 is 0 Å². The van der Waals surface area contributed by atoms with Gasteiger partial charge in [-0.3, -0.25) is 0 Å². The first-order chi connectivity index (χ1) is 10.7. The second-order valence-electron chi connectivity index (χ2n) is 5.69. The number of hydrogen-bond donors (Lipinski definition) is 3. The summed E-state index contributed by atoms with van der Waals surface area (Å²) in [6.45, 7) is 1.18. The number of benzene rings is 2. The molecule has 0 saturated heterocycles. The smallest absolute Gasteiger partial charge is 0.231 e. The highest BCUT2D eigenvalue weighted by atomic mass is 16.7. The Morgan fingerprint density at radius 3 is 2.68 bits per heavy atom. The van der Waals surface area contributed by atoms with E-state index in [2.05, 4.69) is 17.4 Å². The van der Waals surface area contributed by atoms with Gasteiger partial charge in [0.05, 0.1) is 0 Å². The third kappa shape index (κ3) is 2.23. The molecule has 0 spiro atoms. The van der Waals surface area contributed by atoms with Crippen LogP contribution in [-0.2, 0) is 12.8 Å². The van der Waals surface area contributed by atoms with Crippen LogP contribution in [0.1, 0.15) is 22.7 Å². The van der Waals surface area contributed by atoms with Crippen LogP contribution in [0.5, 0.6) is 23.0 Å². The van der Waals surface area contributed by atoms with E-state index in [0.717, 1.165) is 36.4 Å². The predicted molar refractivity (Wildman–Crippen MR) is 80.5 cm³/mol. The van der Waals surface area contributed by atoms with Crippen LogP contribution < -0.4 is 14.8 Å². The summed E-state index contributed by atoms with van der Waals surface area (Å²) in [4.78, 5) is 0. The van der Waals surface area contributed by atoms with E-state index in [0.29, 0.717) is 0 Å². The number of fused-ring (bicyclic) bond motifs is 2. The molecule has 0 amide bonds. The van der Waals surface area contributed by atoms with Gasteiger partial charge in [0.2, 0.25) is 6.79 Å². The van der Waals surface area contributed by atoms with Gasteiger partial charge in [-0.05, 0) is 60.3 Å². The average Bonchev–Trinajstić information content (AvgIpc) is 2.96. The minimum Gasteiger partial charge on any atom is -0.504 e. The molecule has 2 heterocycles. The topological polar surface area (TPSA) is 71.0 Å². The van der Waals surface area contributed by atoms with Crippen LogP contribution in [0.3, 0.4) is 0 Å². The third-order valence-corrected chi connectivity index (χ3v) is 4.27. The lowest BCUT2D eigenvalue weighted by Gasteiger charge is -2.27. The number of rotatable bonds is 2. The van der Waals surface area contributed by atoms with Crippen LogP contribution in [-0.4, -0.2) is 23.6 Å². The van der Waals surface area contributed by atoms with Crippen molar-refractivity contribution in [3.8, 4) is 23.0 Å². The molecule has 0 aromatic heterocycles. The van der Waals surface area contributed by atoms with E-state index >= 15 is 0 Å². The van der Waals surface area contributed by atoms with Gasteiger partial charge in [-0.1, -0.05) is 6.07 Å². The van der Waals surface area contributed by atoms with Crippen LogP contribution in [0.2, 0.25) is 0 Å². The molecule has 5 nitrogen and oxygen atoms in total. The summed E-state index contributed by atoms with van der Waals surface area (Å²) < 4.78 is 10.9. The van der Waals surface area contributed by atoms with E-state index in [4.69, 9.17) is 9.47 Å². The molecule has 2 aliphatic rings. The monoisotopic (exact) mass is 299 g/mol. The predicted octanol–water partition coefficient (Wildman–Crippen LogP) is 2.26. The summed E-state index contributed by atoms with van der Waals surface area (Å²) in [5, 5.41) is 22.6. The summed E-state index contributed by atoms with van der Waals surface area (Å²) in [6.07, 6.45) is 1.70. The standard InChI is InChI=1S/C17H17NO4/c19-14-2-1-10(6-15(14)20)5-13-12-8-17-16(21-9-22-17)7-11(12)3-4-18-13/h1-2,6-8,13,18-20H,3-5,9H2. The molecule has 0 radical (unpaired) electrons. The Morgan fingerprint density at radius 2 is 1.86 bits per heavy atom. The molecular formula is C17H17NO4. The Labute approximate surface area is 128 Å². The van der Waals surface area contributed by atoms with Gasteiger partial charge in [0.15, 0.2) is 23.0 Å². The normalized spacial score (nSPS) is 19.0. The van der Waals surface area contributed by atoms with Crippen LogP contribution in [0.4, 0.5) is 0 Å². The number of hydrogen-bond acceptors (Lipinski definition) is 5. The maximum absolute atomic E-state index is 9.64. The fourth-order valence-corrected chi connectivity index (χ4v) is 3.15. The number of nitrogens with one attached hydrogen (secondary N) is 1. The molecule has 0 fully saturated rings. The zero-order valence-corrected chi connectivity index (χ0v) is 12.0. The molecule has 0 bridgehead atoms. The summed E-state index contributed by atoms with van der Waals surface area (Å²) >= 11 is 0. The number of phenols is 2. The van der Waals surface area contributed by atoms with Crippen molar-refractivity contribution < 1.29 is 19.7 Å². The molecule has 0 saturated carbocycles. The molecule has 2 aromatic carbocycles. The Hall–Kier alpha value is -2.40. The zero-order valence-electron chi connectivity index (χ0n) is 12.0. The van der Waals surface area contributed by atoms with Crippen molar-refractivity contribution in [2.24, 2.45) is 0 Å². The molecule has 114 valence electrons. The first kappa shape index (κ1) is 13.3. The minimum atomic E-state index is -0.0934. The lowest BCUT2D eigenvalue weighted by Crippen LogP contribution is -2.31. The van der Waals surface area contributed by atoms with Crippen LogP contribution in [0, 0.1) is 0 Å². The molecule has 22 heavy (non-hydrogen) atoms. The lowest BCUT2D eigenvalue weighted by molar-refractivity contribution is 0.174. The highest BCUT2D eigenvalue weighted by molar-refractivity contribution is 5.51. The first-order valence-electron chi connectivity index (χ1n) is 7.37.